The van der Waals surface area contributed by atoms with Gasteiger partial charge in [0.25, 0.3) is 11.5 Å². The first kappa shape index (κ1) is 15.3. The topological polar surface area (TPSA) is 83.0 Å². The molecule has 1 amide bonds. The van der Waals surface area contributed by atoms with Crippen LogP contribution in [-0.2, 0) is 7.05 Å². The molecule has 0 aliphatic carbocycles. The van der Waals surface area contributed by atoms with E-state index in [0.29, 0.717) is 0 Å². The van der Waals surface area contributed by atoms with Gasteiger partial charge in [0, 0.05) is 38.1 Å². The number of rotatable bonds is 3. The lowest BCUT2D eigenvalue weighted by atomic mass is 10.0. The Morgan fingerprint density at radius 3 is 2.96 bits per heavy atom. The summed E-state index contributed by atoms with van der Waals surface area (Å²) in [6.45, 7) is 3.46. The molecule has 1 saturated heterocycles. The molecule has 1 atom stereocenters. The number of aromatic amines is 1. The Kier molecular flexibility index (Phi) is 4.18. The van der Waals surface area contributed by atoms with E-state index < -0.39 is 0 Å². The molecule has 2 N–H and O–H groups in total. The molecule has 1 aliphatic heterocycles. The van der Waals surface area contributed by atoms with E-state index in [1.807, 2.05) is 19.4 Å². The van der Waals surface area contributed by atoms with Crippen molar-refractivity contribution in [3.63, 3.8) is 0 Å². The highest BCUT2D eigenvalue weighted by atomic mass is 16.2. The predicted molar refractivity (Wildman–Crippen MR) is 87.7 cm³/mol. The number of aromatic nitrogens is 3. The highest BCUT2D eigenvalue weighted by Crippen LogP contribution is 2.19. The number of piperidine rings is 1. The number of carbonyl (C=O) groups excluding carboxylic acids is 1. The van der Waals surface area contributed by atoms with Crippen molar-refractivity contribution in [2.45, 2.75) is 25.8 Å². The molecule has 2 aromatic rings. The van der Waals surface area contributed by atoms with Crippen LogP contribution in [0.15, 0.2) is 29.3 Å². The molecule has 0 bridgehead atoms. The first-order chi connectivity index (χ1) is 11.0. The minimum Gasteiger partial charge on any atom is -0.367 e. The fraction of sp³-hybridized carbons (Fsp3) is 0.438. The Morgan fingerprint density at radius 1 is 1.43 bits per heavy atom. The van der Waals surface area contributed by atoms with E-state index in [1.165, 1.54) is 0 Å². The van der Waals surface area contributed by atoms with Crippen LogP contribution in [0.3, 0.4) is 0 Å². The number of anilines is 1. The number of amides is 1. The van der Waals surface area contributed by atoms with E-state index >= 15 is 0 Å². The number of nitrogens with one attached hydrogen (secondary N) is 2. The first-order valence-corrected chi connectivity index (χ1v) is 7.77. The van der Waals surface area contributed by atoms with E-state index in [-0.39, 0.29) is 23.1 Å². The van der Waals surface area contributed by atoms with Gasteiger partial charge in [-0.3, -0.25) is 14.3 Å². The second-order valence-corrected chi connectivity index (χ2v) is 6.01. The van der Waals surface area contributed by atoms with Crippen LogP contribution in [0.5, 0.6) is 0 Å². The first-order valence-electron chi connectivity index (χ1n) is 7.77. The van der Waals surface area contributed by atoms with E-state index in [9.17, 15) is 9.59 Å². The van der Waals surface area contributed by atoms with Crippen molar-refractivity contribution in [2.75, 3.05) is 18.0 Å². The molecule has 0 saturated carbocycles. The molecule has 7 heteroatoms. The summed E-state index contributed by atoms with van der Waals surface area (Å²) < 4.78 is 1.77. The lowest BCUT2D eigenvalue weighted by Crippen LogP contribution is -2.48. The van der Waals surface area contributed by atoms with E-state index in [4.69, 9.17) is 0 Å². The number of aryl methyl sites for hydroxylation is 2. The van der Waals surface area contributed by atoms with Crippen LogP contribution in [0.4, 0.5) is 5.69 Å². The average molecular weight is 315 g/mol. The Balaban J connectivity index is 1.67. The molecular weight excluding hydrogens is 294 g/mol. The van der Waals surface area contributed by atoms with Crippen LogP contribution in [0, 0.1) is 6.92 Å². The molecule has 23 heavy (non-hydrogen) atoms. The van der Waals surface area contributed by atoms with Crippen molar-refractivity contribution in [3.05, 3.63) is 46.1 Å². The summed E-state index contributed by atoms with van der Waals surface area (Å²) >= 11 is 0. The maximum atomic E-state index is 12.3. The highest BCUT2D eigenvalue weighted by Gasteiger charge is 2.23. The van der Waals surface area contributed by atoms with Gasteiger partial charge in [-0.25, -0.2) is 0 Å². The zero-order valence-corrected chi connectivity index (χ0v) is 13.4. The second kappa shape index (κ2) is 6.28. The molecule has 0 unspecified atom stereocenters. The van der Waals surface area contributed by atoms with Gasteiger partial charge < -0.3 is 15.2 Å². The van der Waals surface area contributed by atoms with Crippen molar-refractivity contribution < 1.29 is 4.79 Å². The lowest BCUT2D eigenvalue weighted by Gasteiger charge is -2.33. The van der Waals surface area contributed by atoms with Gasteiger partial charge >= 0.3 is 0 Å². The van der Waals surface area contributed by atoms with Crippen LogP contribution in [0.25, 0.3) is 0 Å². The molecular formula is C16H21N5O2. The molecule has 7 nitrogen and oxygen atoms in total. The van der Waals surface area contributed by atoms with Gasteiger partial charge in [-0.05, 0) is 31.9 Å². The molecule has 0 aromatic carbocycles. The van der Waals surface area contributed by atoms with Gasteiger partial charge in [-0.15, -0.1) is 0 Å². The Bertz CT molecular complexity index is 764. The molecule has 1 aliphatic rings. The van der Waals surface area contributed by atoms with Crippen molar-refractivity contribution in [2.24, 2.45) is 7.05 Å². The van der Waals surface area contributed by atoms with E-state index in [0.717, 1.165) is 37.3 Å². The second-order valence-electron chi connectivity index (χ2n) is 6.01. The van der Waals surface area contributed by atoms with Crippen molar-refractivity contribution in [3.8, 4) is 0 Å². The Hall–Kier alpha value is -2.57. The van der Waals surface area contributed by atoms with Crippen LogP contribution in [-0.4, -0.2) is 39.8 Å². The summed E-state index contributed by atoms with van der Waals surface area (Å²) in [5.74, 6) is -0.315. The quantitative estimate of drug-likeness (QED) is 0.878. The largest absolute Gasteiger partial charge is 0.367 e. The third kappa shape index (κ3) is 3.44. The smallest absolute Gasteiger partial charge is 0.260 e. The van der Waals surface area contributed by atoms with Gasteiger partial charge in [-0.1, -0.05) is 0 Å². The minimum absolute atomic E-state index is 0.0251. The normalized spacial score (nSPS) is 18.0. The average Bonchev–Trinajstić information content (AvgIpc) is 2.94. The number of hydrogen-bond donors (Lipinski definition) is 2. The van der Waals surface area contributed by atoms with Crippen LogP contribution in [0.1, 0.15) is 28.9 Å². The summed E-state index contributed by atoms with van der Waals surface area (Å²) in [5, 5.41) is 7.16. The summed E-state index contributed by atoms with van der Waals surface area (Å²) in [7, 11) is 1.89. The molecule has 2 aromatic heterocycles. The monoisotopic (exact) mass is 315 g/mol. The summed E-state index contributed by atoms with van der Waals surface area (Å²) in [6.07, 6.45) is 5.69. The standard InChI is InChI=1S/C16H21N5O2/c1-11-5-6-14(15(22)18-11)16(23)19-12-4-3-7-21(9-12)13-8-17-20(2)10-13/h5-6,8,10,12H,3-4,7,9H2,1-2H3,(H,18,22)(H,19,23)/t12-/m0/s1. The third-order valence-electron chi connectivity index (χ3n) is 4.11. The molecule has 1 fully saturated rings. The number of pyridine rings is 1. The zero-order chi connectivity index (χ0) is 16.4. The Labute approximate surface area is 134 Å². The van der Waals surface area contributed by atoms with Crippen LogP contribution >= 0.6 is 0 Å². The Morgan fingerprint density at radius 2 is 2.26 bits per heavy atom. The van der Waals surface area contributed by atoms with Gasteiger partial charge in [0.1, 0.15) is 5.56 Å². The molecule has 0 radical (unpaired) electrons. The molecule has 122 valence electrons. The maximum absolute atomic E-state index is 12.3. The SMILES string of the molecule is Cc1ccc(C(=O)N[C@H]2CCCN(c3cnn(C)c3)C2)c(=O)[nH]1. The summed E-state index contributed by atoms with van der Waals surface area (Å²) in [5.41, 5.74) is 1.61. The van der Waals surface area contributed by atoms with Gasteiger partial charge in [0.15, 0.2) is 0 Å². The van der Waals surface area contributed by atoms with Crippen molar-refractivity contribution in [1.29, 1.82) is 0 Å². The number of carbonyl (C=O) groups is 1. The molecule has 3 rings (SSSR count). The zero-order valence-electron chi connectivity index (χ0n) is 13.4. The number of H-pyrrole nitrogens is 1. The molecule has 3 heterocycles. The van der Waals surface area contributed by atoms with Crippen molar-refractivity contribution >= 4 is 11.6 Å². The van der Waals surface area contributed by atoms with E-state index in [2.05, 4.69) is 20.3 Å². The lowest BCUT2D eigenvalue weighted by molar-refractivity contribution is 0.0931. The van der Waals surface area contributed by atoms with Gasteiger partial charge in [0.05, 0.1) is 11.9 Å². The predicted octanol–water partition coefficient (Wildman–Crippen LogP) is 0.816. The van der Waals surface area contributed by atoms with Gasteiger partial charge in [0.2, 0.25) is 0 Å². The van der Waals surface area contributed by atoms with Gasteiger partial charge in [-0.2, -0.15) is 5.10 Å². The number of hydrogen-bond acceptors (Lipinski definition) is 4. The number of nitrogens with zero attached hydrogens (tertiary/aromatic N) is 3. The van der Waals surface area contributed by atoms with Crippen molar-refractivity contribution in [1.82, 2.24) is 20.1 Å². The highest BCUT2D eigenvalue weighted by molar-refractivity contribution is 5.94. The third-order valence-corrected chi connectivity index (χ3v) is 4.11. The fourth-order valence-corrected chi connectivity index (χ4v) is 2.92. The summed E-state index contributed by atoms with van der Waals surface area (Å²) in [4.78, 5) is 29.1. The maximum Gasteiger partial charge on any atom is 0.260 e. The molecule has 0 spiro atoms. The van der Waals surface area contributed by atoms with Crippen LogP contribution < -0.4 is 15.8 Å². The minimum atomic E-state index is -0.345. The fourth-order valence-electron chi connectivity index (χ4n) is 2.92. The summed E-state index contributed by atoms with van der Waals surface area (Å²) in [6, 6.07) is 3.34. The van der Waals surface area contributed by atoms with E-state index in [1.54, 1.807) is 23.7 Å². The van der Waals surface area contributed by atoms with Crippen LogP contribution in [0.2, 0.25) is 0 Å².